The fraction of sp³-hybridized carbons (Fsp3) is 0.0833. The summed E-state index contributed by atoms with van der Waals surface area (Å²) in [6.07, 6.45) is 1.55. The fourth-order valence-corrected chi connectivity index (χ4v) is 2.38. The second-order valence-electron chi connectivity index (χ2n) is 4.10. The van der Waals surface area contributed by atoms with Gasteiger partial charge in [0, 0.05) is 10.0 Å². The van der Waals surface area contributed by atoms with Crippen molar-refractivity contribution in [2.24, 2.45) is 0 Å². The van der Waals surface area contributed by atoms with Crippen LogP contribution in [0.2, 0.25) is 0 Å². The predicted octanol–water partition coefficient (Wildman–Crippen LogP) is 2.78. The highest BCUT2D eigenvalue weighted by molar-refractivity contribution is 9.10. The van der Waals surface area contributed by atoms with Crippen LogP contribution in [0.25, 0.3) is 22.8 Å². The van der Waals surface area contributed by atoms with Crippen LogP contribution in [0.4, 0.5) is 5.82 Å². The van der Waals surface area contributed by atoms with Crippen LogP contribution < -0.4 is 5.73 Å². The van der Waals surface area contributed by atoms with E-state index in [9.17, 15) is 0 Å². The van der Waals surface area contributed by atoms with Gasteiger partial charge in [0.15, 0.2) is 0 Å². The van der Waals surface area contributed by atoms with Gasteiger partial charge in [0.25, 0.3) is 5.89 Å². The number of H-pyrrole nitrogens is 1. The summed E-state index contributed by atoms with van der Waals surface area (Å²) >= 11 is 3.49. The molecule has 0 aliphatic rings. The third-order valence-electron chi connectivity index (χ3n) is 2.69. The van der Waals surface area contributed by atoms with Crippen LogP contribution in [0.5, 0.6) is 0 Å². The van der Waals surface area contributed by atoms with E-state index < -0.39 is 0 Å². The number of nitrogens with zero attached hydrogens (tertiary/aromatic N) is 3. The number of hydrogen-bond donors (Lipinski definition) is 2. The quantitative estimate of drug-likeness (QED) is 0.757. The fourth-order valence-electron chi connectivity index (χ4n) is 1.71. The number of rotatable bonds is 2. The molecule has 0 bridgehead atoms. The number of aromatic nitrogens is 4. The summed E-state index contributed by atoms with van der Waals surface area (Å²) in [4.78, 5) is 4.33. The number of nitrogens with two attached hydrogens (primary N) is 1. The van der Waals surface area contributed by atoms with E-state index in [2.05, 4.69) is 36.3 Å². The van der Waals surface area contributed by atoms with Gasteiger partial charge < -0.3 is 10.3 Å². The number of benzene rings is 1. The highest BCUT2D eigenvalue weighted by Gasteiger charge is 2.15. The summed E-state index contributed by atoms with van der Waals surface area (Å²) in [5, 5.41) is 10.4. The van der Waals surface area contributed by atoms with E-state index in [1.807, 2.05) is 25.1 Å². The Labute approximate surface area is 117 Å². The Morgan fingerprint density at radius 2 is 2.16 bits per heavy atom. The van der Waals surface area contributed by atoms with Crippen molar-refractivity contribution < 1.29 is 4.52 Å². The number of aromatic amines is 1. The molecule has 19 heavy (non-hydrogen) atoms. The first kappa shape index (κ1) is 11.9. The Balaban J connectivity index is 2.04. The molecule has 0 amide bonds. The van der Waals surface area contributed by atoms with E-state index in [1.54, 1.807) is 6.20 Å². The monoisotopic (exact) mass is 319 g/mol. The summed E-state index contributed by atoms with van der Waals surface area (Å²) in [6, 6.07) is 5.92. The van der Waals surface area contributed by atoms with Gasteiger partial charge >= 0.3 is 0 Å². The molecule has 0 radical (unpaired) electrons. The maximum absolute atomic E-state index is 5.72. The second-order valence-corrected chi connectivity index (χ2v) is 4.96. The zero-order valence-electron chi connectivity index (χ0n) is 10.0. The van der Waals surface area contributed by atoms with Crippen LogP contribution in [0.1, 0.15) is 5.56 Å². The minimum Gasteiger partial charge on any atom is -0.383 e. The first-order chi connectivity index (χ1) is 9.15. The number of nitrogen functional groups attached to an aromatic ring is 1. The lowest BCUT2D eigenvalue weighted by molar-refractivity contribution is 0.432. The summed E-state index contributed by atoms with van der Waals surface area (Å²) in [7, 11) is 0. The lowest BCUT2D eigenvalue weighted by Crippen LogP contribution is -1.88. The molecule has 7 heteroatoms. The number of hydrogen-bond acceptors (Lipinski definition) is 5. The van der Waals surface area contributed by atoms with E-state index in [-0.39, 0.29) is 0 Å². The molecule has 0 saturated heterocycles. The van der Waals surface area contributed by atoms with Crippen molar-refractivity contribution in [3.05, 3.63) is 34.4 Å². The summed E-state index contributed by atoms with van der Waals surface area (Å²) in [5.74, 6) is 1.24. The zero-order valence-corrected chi connectivity index (χ0v) is 11.6. The molecule has 96 valence electrons. The first-order valence-corrected chi connectivity index (χ1v) is 6.34. The van der Waals surface area contributed by atoms with E-state index in [4.69, 9.17) is 10.3 Å². The lowest BCUT2D eigenvalue weighted by atomic mass is 10.1. The third kappa shape index (κ3) is 2.12. The van der Waals surface area contributed by atoms with Gasteiger partial charge in [-0.05, 0) is 24.6 Å². The highest BCUT2D eigenvalue weighted by atomic mass is 79.9. The Hall–Kier alpha value is -2.15. The maximum Gasteiger partial charge on any atom is 0.263 e. The van der Waals surface area contributed by atoms with Gasteiger partial charge in [0.1, 0.15) is 11.4 Å². The molecule has 3 aromatic rings. The molecule has 0 aliphatic heterocycles. The van der Waals surface area contributed by atoms with Gasteiger partial charge in [-0.3, -0.25) is 5.10 Å². The summed E-state index contributed by atoms with van der Waals surface area (Å²) in [6.45, 7) is 2.02. The van der Waals surface area contributed by atoms with Crippen molar-refractivity contribution in [3.8, 4) is 22.8 Å². The Morgan fingerprint density at radius 3 is 2.84 bits per heavy atom. The van der Waals surface area contributed by atoms with Crippen LogP contribution >= 0.6 is 15.9 Å². The highest BCUT2D eigenvalue weighted by Crippen LogP contribution is 2.29. The number of aryl methyl sites for hydroxylation is 1. The number of halogens is 1. The largest absolute Gasteiger partial charge is 0.383 e. The second kappa shape index (κ2) is 4.51. The third-order valence-corrected chi connectivity index (χ3v) is 3.35. The van der Waals surface area contributed by atoms with Crippen molar-refractivity contribution in [2.75, 3.05) is 5.73 Å². The molecule has 6 nitrogen and oxygen atoms in total. The minimum atomic E-state index is 0.341. The van der Waals surface area contributed by atoms with Crippen LogP contribution in [-0.2, 0) is 0 Å². The predicted molar refractivity (Wildman–Crippen MR) is 74.2 cm³/mol. The van der Waals surface area contributed by atoms with Gasteiger partial charge in [0.2, 0.25) is 5.82 Å². The molecule has 0 saturated carbocycles. The normalized spacial score (nSPS) is 10.8. The van der Waals surface area contributed by atoms with Crippen LogP contribution in [0.3, 0.4) is 0 Å². The van der Waals surface area contributed by atoms with Gasteiger partial charge in [0.05, 0.1) is 6.20 Å². The topological polar surface area (TPSA) is 93.6 Å². The average molecular weight is 320 g/mol. The molecule has 2 heterocycles. The maximum atomic E-state index is 5.72. The van der Waals surface area contributed by atoms with Crippen LogP contribution in [0.15, 0.2) is 33.4 Å². The molecular formula is C12H10BrN5O. The Bertz CT molecular complexity index is 733. The van der Waals surface area contributed by atoms with Gasteiger partial charge in [-0.2, -0.15) is 10.1 Å². The standard InChI is InChI=1S/C12H10BrN5O/c1-6-2-3-7(9(13)4-6)11-16-12(19-18-11)8-5-15-17-10(8)14/h2-5H,1H3,(H3,14,15,17). The van der Waals surface area contributed by atoms with Gasteiger partial charge in [-0.15, -0.1) is 0 Å². The molecule has 3 N–H and O–H groups in total. The molecule has 0 spiro atoms. The first-order valence-electron chi connectivity index (χ1n) is 5.54. The molecular weight excluding hydrogens is 310 g/mol. The zero-order chi connectivity index (χ0) is 13.4. The molecule has 3 rings (SSSR count). The van der Waals surface area contributed by atoms with Gasteiger partial charge in [-0.25, -0.2) is 0 Å². The summed E-state index contributed by atoms with van der Waals surface area (Å²) < 4.78 is 6.12. The van der Waals surface area contributed by atoms with Crippen LogP contribution in [0, 0.1) is 6.92 Å². The van der Waals surface area contributed by atoms with E-state index >= 15 is 0 Å². The molecule has 0 fully saturated rings. The van der Waals surface area contributed by atoms with Crippen molar-refractivity contribution in [2.45, 2.75) is 6.92 Å². The number of nitrogens with one attached hydrogen (secondary N) is 1. The Kier molecular flexibility index (Phi) is 2.83. The SMILES string of the molecule is Cc1ccc(-c2noc(-c3cn[nH]c3N)n2)c(Br)c1. The molecule has 2 aromatic heterocycles. The Morgan fingerprint density at radius 1 is 1.32 bits per heavy atom. The van der Waals surface area contributed by atoms with E-state index in [0.717, 1.165) is 15.6 Å². The average Bonchev–Trinajstić information content (AvgIpc) is 2.97. The summed E-state index contributed by atoms with van der Waals surface area (Å²) in [5.41, 5.74) is 8.33. The number of anilines is 1. The van der Waals surface area contributed by atoms with Crippen LogP contribution in [-0.4, -0.2) is 20.3 Å². The van der Waals surface area contributed by atoms with Crippen molar-refractivity contribution in [1.29, 1.82) is 0 Å². The van der Waals surface area contributed by atoms with Crippen molar-refractivity contribution >= 4 is 21.7 Å². The minimum absolute atomic E-state index is 0.341. The molecule has 1 aromatic carbocycles. The molecule has 0 unspecified atom stereocenters. The molecule has 0 aliphatic carbocycles. The smallest absolute Gasteiger partial charge is 0.263 e. The van der Waals surface area contributed by atoms with Gasteiger partial charge in [-0.1, -0.05) is 27.2 Å². The van der Waals surface area contributed by atoms with E-state index in [1.165, 1.54) is 0 Å². The van der Waals surface area contributed by atoms with Crippen molar-refractivity contribution in [3.63, 3.8) is 0 Å². The lowest BCUT2D eigenvalue weighted by Gasteiger charge is -1.99. The van der Waals surface area contributed by atoms with Crippen molar-refractivity contribution in [1.82, 2.24) is 20.3 Å². The molecule has 0 atom stereocenters. The van der Waals surface area contributed by atoms with E-state index in [0.29, 0.717) is 23.1 Å².